The van der Waals surface area contributed by atoms with Crippen molar-refractivity contribution in [2.24, 2.45) is 0 Å². The van der Waals surface area contributed by atoms with E-state index in [0.29, 0.717) is 16.9 Å². The zero-order chi connectivity index (χ0) is 17.3. The Bertz CT molecular complexity index is 825. The average molecular weight is 388 g/mol. The highest BCUT2D eigenvalue weighted by atomic mass is 79.9. The highest BCUT2D eigenvalue weighted by Crippen LogP contribution is 2.33. The van der Waals surface area contributed by atoms with Crippen LogP contribution in [0.2, 0.25) is 0 Å². The summed E-state index contributed by atoms with van der Waals surface area (Å²) in [6.07, 6.45) is 0. The maximum atomic E-state index is 12.2. The van der Waals surface area contributed by atoms with Crippen LogP contribution in [0.15, 0.2) is 58.6 Å². The van der Waals surface area contributed by atoms with Crippen LogP contribution in [0.1, 0.15) is 17.2 Å². The molecule has 1 aliphatic heterocycles. The smallest absolute Gasteiger partial charge is 0.293 e. The normalized spacial score (nSPS) is 19.2. The van der Waals surface area contributed by atoms with E-state index in [9.17, 15) is 14.7 Å². The van der Waals surface area contributed by atoms with Gasteiger partial charge >= 0.3 is 0 Å². The van der Waals surface area contributed by atoms with Gasteiger partial charge in [0.2, 0.25) is 0 Å². The summed E-state index contributed by atoms with van der Waals surface area (Å²) in [5, 5.41) is 13.2. The number of Topliss-reactive ketones (excluding diaryl/α,β-unsaturated/α-hetero) is 1. The van der Waals surface area contributed by atoms with Crippen LogP contribution >= 0.6 is 15.9 Å². The lowest BCUT2D eigenvalue weighted by Gasteiger charge is -2.14. The van der Waals surface area contributed by atoms with Gasteiger partial charge < -0.3 is 15.2 Å². The summed E-state index contributed by atoms with van der Waals surface area (Å²) in [7, 11) is 1.54. The lowest BCUT2D eigenvalue weighted by atomic mass is 9.96. The van der Waals surface area contributed by atoms with Gasteiger partial charge in [0, 0.05) is 10.0 Å². The average Bonchev–Trinajstić information content (AvgIpc) is 2.90. The van der Waals surface area contributed by atoms with E-state index in [4.69, 9.17) is 4.74 Å². The number of methoxy groups -OCH3 is 1. The number of aliphatic hydroxyl groups is 1. The number of carbonyl (C=O) groups excluding carboxylic acids is 2. The monoisotopic (exact) mass is 387 g/mol. The first-order chi connectivity index (χ1) is 11.5. The molecule has 2 aromatic carbocycles. The highest BCUT2D eigenvalue weighted by Gasteiger charge is 2.39. The molecular formula is C18H14BrNO4. The van der Waals surface area contributed by atoms with Crippen molar-refractivity contribution in [3.63, 3.8) is 0 Å². The number of nitrogens with one attached hydrogen (secondary N) is 1. The van der Waals surface area contributed by atoms with Crippen LogP contribution in [0.25, 0.3) is 5.76 Å². The number of hydrogen-bond acceptors (Lipinski definition) is 4. The van der Waals surface area contributed by atoms with Gasteiger partial charge in [0.25, 0.3) is 11.7 Å². The first kappa shape index (κ1) is 16.3. The minimum Gasteiger partial charge on any atom is -0.507 e. The van der Waals surface area contributed by atoms with Crippen molar-refractivity contribution in [2.75, 3.05) is 7.11 Å². The van der Waals surface area contributed by atoms with Crippen LogP contribution in [0.3, 0.4) is 0 Å². The number of benzene rings is 2. The molecule has 1 atom stereocenters. The number of hydrogen-bond donors (Lipinski definition) is 2. The molecule has 6 heteroatoms. The van der Waals surface area contributed by atoms with Gasteiger partial charge in [0.05, 0.1) is 18.7 Å². The summed E-state index contributed by atoms with van der Waals surface area (Å²) in [6.45, 7) is 0. The molecule has 24 heavy (non-hydrogen) atoms. The first-order valence-electron chi connectivity index (χ1n) is 7.19. The number of ether oxygens (including phenoxy) is 1. The lowest BCUT2D eigenvalue weighted by molar-refractivity contribution is -0.133. The van der Waals surface area contributed by atoms with Crippen molar-refractivity contribution in [3.05, 3.63) is 69.7 Å². The minimum atomic E-state index is -0.726. The third-order valence-electron chi connectivity index (χ3n) is 3.84. The van der Waals surface area contributed by atoms with Gasteiger partial charge in [-0.25, -0.2) is 0 Å². The van der Waals surface area contributed by atoms with Crippen molar-refractivity contribution < 1.29 is 19.4 Å². The molecule has 1 fully saturated rings. The van der Waals surface area contributed by atoms with Crippen molar-refractivity contribution in [1.29, 1.82) is 0 Å². The molecule has 0 spiro atoms. The Morgan fingerprint density at radius 2 is 1.71 bits per heavy atom. The van der Waals surface area contributed by atoms with Crippen LogP contribution in [0.5, 0.6) is 5.75 Å². The molecule has 2 aromatic rings. The van der Waals surface area contributed by atoms with Crippen LogP contribution in [-0.2, 0) is 9.59 Å². The summed E-state index contributed by atoms with van der Waals surface area (Å²) >= 11 is 3.34. The zero-order valence-electron chi connectivity index (χ0n) is 12.7. The fraction of sp³-hybridized carbons (Fsp3) is 0.111. The van der Waals surface area contributed by atoms with E-state index in [1.165, 1.54) is 0 Å². The summed E-state index contributed by atoms with van der Waals surface area (Å²) in [5.74, 6) is -1.03. The second kappa shape index (κ2) is 6.49. The van der Waals surface area contributed by atoms with E-state index in [1.54, 1.807) is 43.5 Å². The third-order valence-corrected chi connectivity index (χ3v) is 4.37. The minimum absolute atomic E-state index is 0.0486. The van der Waals surface area contributed by atoms with Gasteiger partial charge in [-0.1, -0.05) is 28.1 Å². The van der Waals surface area contributed by atoms with Gasteiger partial charge in [-0.05, 0) is 42.0 Å². The summed E-state index contributed by atoms with van der Waals surface area (Å²) in [4.78, 5) is 24.1. The molecule has 0 saturated carbocycles. The molecule has 0 bridgehead atoms. The number of amides is 1. The van der Waals surface area contributed by atoms with Crippen LogP contribution < -0.4 is 10.1 Å². The quantitative estimate of drug-likeness (QED) is 0.481. The van der Waals surface area contributed by atoms with Crippen molar-refractivity contribution >= 4 is 33.4 Å². The van der Waals surface area contributed by atoms with Crippen molar-refractivity contribution in [3.8, 4) is 5.75 Å². The molecule has 0 unspecified atom stereocenters. The van der Waals surface area contributed by atoms with Crippen LogP contribution in [0.4, 0.5) is 0 Å². The van der Waals surface area contributed by atoms with Crippen molar-refractivity contribution in [1.82, 2.24) is 5.32 Å². The Labute approximate surface area is 147 Å². The fourth-order valence-corrected chi connectivity index (χ4v) is 2.84. The summed E-state index contributed by atoms with van der Waals surface area (Å²) < 4.78 is 5.96. The lowest BCUT2D eigenvalue weighted by Crippen LogP contribution is -2.21. The molecule has 1 amide bonds. The molecule has 3 rings (SSSR count). The Morgan fingerprint density at radius 1 is 1.08 bits per heavy atom. The second-order valence-corrected chi connectivity index (χ2v) is 6.19. The molecule has 0 aromatic heterocycles. The maximum absolute atomic E-state index is 12.2. The Kier molecular flexibility index (Phi) is 4.40. The molecule has 2 N–H and O–H groups in total. The van der Waals surface area contributed by atoms with E-state index >= 15 is 0 Å². The Balaban J connectivity index is 2.07. The topological polar surface area (TPSA) is 75.6 Å². The van der Waals surface area contributed by atoms with Gasteiger partial charge in [0.1, 0.15) is 11.5 Å². The molecule has 122 valence electrons. The number of aliphatic hydroxyl groups excluding tert-OH is 1. The molecule has 0 aliphatic carbocycles. The standard InChI is InChI=1S/C18H14BrNO4/c1-24-13-8-4-11(5-9-13)16(21)14-15(20-18(23)17(14)22)10-2-6-12(19)7-3-10/h2-9,15,21H,1H3,(H,20,23)/b16-14+/t15-/m1/s1. The van der Waals surface area contributed by atoms with E-state index in [2.05, 4.69) is 21.2 Å². The predicted octanol–water partition coefficient (Wildman–Crippen LogP) is 3.17. The maximum Gasteiger partial charge on any atom is 0.293 e. The van der Waals surface area contributed by atoms with Crippen LogP contribution in [0, 0.1) is 0 Å². The second-order valence-electron chi connectivity index (χ2n) is 5.28. The number of halogens is 1. The van der Waals surface area contributed by atoms with Gasteiger partial charge in [-0.3, -0.25) is 9.59 Å². The van der Waals surface area contributed by atoms with Crippen molar-refractivity contribution in [2.45, 2.75) is 6.04 Å². The van der Waals surface area contributed by atoms with E-state index < -0.39 is 17.7 Å². The molecular weight excluding hydrogens is 374 g/mol. The van der Waals surface area contributed by atoms with Crippen LogP contribution in [-0.4, -0.2) is 23.9 Å². The van der Waals surface area contributed by atoms with E-state index in [0.717, 1.165) is 4.47 Å². The summed E-state index contributed by atoms with van der Waals surface area (Å²) in [5.41, 5.74) is 1.21. The highest BCUT2D eigenvalue weighted by molar-refractivity contribution is 9.10. The molecule has 0 radical (unpaired) electrons. The molecule has 5 nitrogen and oxygen atoms in total. The molecule has 1 aliphatic rings. The largest absolute Gasteiger partial charge is 0.507 e. The van der Waals surface area contributed by atoms with Gasteiger partial charge in [0.15, 0.2) is 0 Å². The third kappa shape index (κ3) is 2.92. The molecule has 1 heterocycles. The summed E-state index contributed by atoms with van der Waals surface area (Å²) in [6, 6.07) is 13.1. The Hall–Kier alpha value is -2.60. The van der Waals surface area contributed by atoms with Gasteiger partial charge in [-0.2, -0.15) is 0 Å². The number of carbonyl (C=O) groups is 2. The predicted molar refractivity (Wildman–Crippen MR) is 92.6 cm³/mol. The van der Waals surface area contributed by atoms with E-state index in [1.807, 2.05) is 12.1 Å². The first-order valence-corrected chi connectivity index (χ1v) is 7.98. The number of rotatable bonds is 3. The zero-order valence-corrected chi connectivity index (χ0v) is 14.3. The number of ketones is 1. The SMILES string of the molecule is COc1ccc(/C(O)=C2\C(=O)C(=O)N[C@@H]2c2ccc(Br)cc2)cc1. The molecule has 1 saturated heterocycles. The van der Waals surface area contributed by atoms with E-state index in [-0.39, 0.29) is 11.3 Å². The Morgan fingerprint density at radius 3 is 2.29 bits per heavy atom. The van der Waals surface area contributed by atoms with Gasteiger partial charge in [-0.15, -0.1) is 0 Å². The fourth-order valence-electron chi connectivity index (χ4n) is 2.58.